The van der Waals surface area contributed by atoms with Crippen LogP contribution in [0, 0.1) is 11.8 Å². The normalized spacial score (nSPS) is 26.8. The van der Waals surface area contributed by atoms with Crippen LogP contribution < -0.4 is 0 Å². The molecule has 0 spiro atoms. The van der Waals surface area contributed by atoms with Crippen LogP contribution in [0.1, 0.15) is 19.8 Å². The van der Waals surface area contributed by atoms with Crippen molar-refractivity contribution in [3.8, 4) is 0 Å². The van der Waals surface area contributed by atoms with Crippen molar-refractivity contribution < 1.29 is 14.6 Å². The number of hydrogen-bond acceptors (Lipinski definition) is 2. The molecule has 0 amide bonds. The first-order valence-corrected chi connectivity index (χ1v) is 4.00. The quantitative estimate of drug-likeness (QED) is 0.669. The topological polar surface area (TPSA) is 46.5 Å². The van der Waals surface area contributed by atoms with Gasteiger partial charge in [-0.2, -0.15) is 0 Å². The van der Waals surface area contributed by atoms with Crippen molar-refractivity contribution in [2.45, 2.75) is 19.8 Å². The van der Waals surface area contributed by atoms with Crippen LogP contribution in [0.25, 0.3) is 0 Å². The highest BCUT2D eigenvalue weighted by Gasteiger charge is 2.21. The Morgan fingerprint density at radius 1 is 1.82 bits per heavy atom. The summed E-state index contributed by atoms with van der Waals surface area (Å²) in [6, 6.07) is 0. The van der Waals surface area contributed by atoms with E-state index in [1.807, 2.05) is 0 Å². The summed E-state index contributed by atoms with van der Waals surface area (Å²) in [6.07, 6.45) is 1.78. The number of ether oxygens (including phenoxy) is 1. The molecular formula is C8H14O3. The molecule has 0 bridgehead atoms. The Morgan fingerprint density at radius 2 is 2.55 bits per heavy atom. The molecule has 0 aliphatic carbocycles. The van der Waals surface area contributed by atoms with Gasteiger partial charge in [-0.3, -0.25) is 4.79 Å². The van der Waals surface area contributed by atoms with Crippen molar-refractivity contribution in [3.63, 3.8) is 0 Å². The standard InChI is InChI=1S/C8H14O3/c1-6(8(9)10)4-7-2-3-11-5-7/h6-7H,2-5H2,1H3,(H,9,10)/t6-,7-/m1/s1. The van der Waals surface area contributed by atoms with Gasteiger partial charge in [-0.15, -0.1) is 0 Å². The highest BCUT2D eigenvalue weighted by Crippen LogP contribution is 2.20. The fourth-order valence-electron chi connectivity index (χ4n) is 1.37. The summed E-state index contributed by atoms with van der Waals surface area (Å²) in [7, 11) is 0. The summed E-state index contributed by atoms with van der Waals surface area (Å²) >= 11 is 0. The van der Waals surface area contributed by atoms with Gasteiger partial charge >= 0.3 is 5.97 Å². The van der Waals surface area contributed by atoms with Gasteiger partial charge in [0.1, 0.15) is 0 Å². The van der Waals surface area contributed by atoms with Crippen molar-refractivity contribution in [1.29, 1.82) is 0 Å². The molecular weight excluding hydrogens is 144 g/mol. The maximum Gasteiger partial charge on any atom is 0.306 e. The second-order valence-corrected chi connectivity index (χ2v) is 3.20. The van der Waals surface area contributed by atoms with Gasteiger partial charge < -0.3 is 9.84 Å². The number of hydrogen-bond donors (Lipinski definition) is 1. The van der Waals surface area contributed by atoms with Crippen LogP contribution in [0.3, 0.4) is 0 Å². The van der Waals surface area contributed by atoms with Crippen LogP contribution in [-0.2, 0) is 9.53 Å². The van der Waals surface area contributed by atoms with E-state index in [4.69, 9.17) is 9.84 Å². The molecule has 0 saturated carbocycles. The number of carboxylic acid groups (broad SMARTS) is 1. The SMILES string of the molecule is C[C@H](C[C@H]1CCOC1)C(=O)O. The molecule has 2 atom stereocenters. The van der Waals surface area contributed by atoms with E-state index in [9.17, 15) is 4.79 Å². The molecule has 3 heteroatoms. The molecule has 1 saturated heterocycles. The highest BCUT2D eigenvalue weighted by atomic mass is 16.5. The third kappa shape index (κ3) is 2.50. The zero-order valence-electron chi connectivity index (χ0n) is 6.75. The van der Waals surface area contributed by atoms with Crippen LogP contribution in [0.5, 0.6) is 0 Å². The van der Waals surface area contributed by atoms with Crippen LogP contribution in [-0.4, -0.2) is 24.3 Å². The molecule has 1 heterocycles. The summed E-state index contributed by atoms with van der Waals surface area (Å²) in [5.74, 6) is -0.445. The third-order valence-corrected chi connectivity index (χ3v) is 2.13. The number of carbonyl (C=O) groups is 1. The number of carboxylic acids is 1. The van der Waals surface area contributed by atoms with Crippen molar-refractivity contribution in [3.05, 3.63) is 0 Å². The molecule has 0 aromatic carbocycles. The van der Waals surface area contributed by atoms with Gasteiger partial charge in [-0.05, 0) is 18.8 Å². The summed E-state index contributed by atoms with van der Waals surface area (Å²) < 4.78 is 5.14. The summed E-state index contributed by atoms with van der Waals surface area (Å²) in [5, 5.41) is 8.60. The van der Waals surface area contributed by atoms with E-state index in [1.165, 1.54) is 0 Å². The molecule has 1 aliphatic heterocycles. The van der Waals surface area contributed by atoms with Crippen molar-refractivity contribution in [2.24, 2.45) is 11.8 Å². The first-order chi connectivity index (χ1) is 5.20. The third-order valence-electron chi connectivity index (χ3n) is 2.13. The van der Waals surface area contributed by atoms with Crippen molar-refractivity contribution in [2.75, 3.05) is 13.2 Å². The second-order valence-electron chi connectivity index (χ2n) is 3.20. The Bertz CT molecular complexity index is 138. The van der Waals surface area contributed by atoms with Gasteiger partial charge in [-0.1, -0.05) is 6.92 Å². The summed E-state index contributed by atoms with van der Waals surface area (Å²) in [5.41, 5.74) is 0. The average molecular weight is 158 g/mol. The highest BCUT2D eigenvalue weighted by molar-refractivity contribution is 5.69. The first-order valence-electron chi connectivity index (χ1n) is 4.00. The van der Waals surface area contributed by atoms with Gasteiger partial charge in [0.05, 0.1) is 5.92 Å². The maximum atomic E-state index is 10.4. The van der Waals surface area contributed by atoms with Crippen LogP contribution >= 0.6 is 0 Å². The molecule has 0 aromatic rings. The average Bonchev–Trinajstić information content (AvgIpc) is 2.39. The van der Waals surface area contributed by atoms with Gasteiger partial charge in [0.25, 0.3) is 0 Å². The van der Waals surface area contributed by atoms with Crippen molar-refractivity contribution >= 4 is 5.97 Å². The molecule has 11 heavy (non-hydrogen) atoms. The Balaban J connectivity index is 2.23. The lowest BCUT2D eigenvalue weighted by atomic mass is 9.95. The van der Waals surface area contributed by atoms with E-state index < -0.39 is 5.97 Å². The molecule has 0 unspecified atom stereocenters. The summed E-state index contributed by atoms with van der Waals surface area (Å²) in [4.78, 5) is 10.4. The lowest BCUT2D eigenvalue weighted by Crippen LogP contribution is -2.14. The van der Waals surface area contributed by atoms with Gasteiger partial charge in [-0.25, -0.2) is 0 Å². The minimum Gasteiger partial charge on any atom is -0.481 e. The number of aliphatic carboxylic acids is 1. The zero-order valence-corrected chi connectivity index (χ0v) is 6.75. The van der Waals surface area contributed by atoms with Gasteiger partial charge in [0, 0.05) is 13.2 Å². The van der Waals surface area contributed by atoms with E-state index in [-0.39, 0.29) is 5.92 Å². The molecule has 1 aliphatic rings. The van der Waals surface area contributed by atoms with E-state index in [0.717, 1.165) is 26.1 Å². The van der Waals surface area contributed by atoms with Crippen LogP contribution in [0.4, 0.5) is 0 Å². The predicted octanol–water partition coefficient (Wildman–Crippen LogP) is 1.13. The first kappa shape index (κ1) is 8.53. The second kappa shape index (κ2) is 3.72. The summed E-state index contributed by atoms with van der Waals surface area (Å²) in [6.45, 7) is 3.30. The fourth-order valence-corrected chi connectivity index (χ4v) is 1.37. The molecule has 1 fully saturated rings. The Kier molecular flexibility index (Phi) is 2.88. The Morgan fingerprint density at radius 3 is 3.00 bits per heavy atom. The molecule has 64 valence electrons. The lowest BCUT2D eigenvalue weighted by molar-refractivity contribution is -0.141. The number of rotatable bonds is 3. The molecule has 1 N–H and O–H groups in total. The van der Waals surface area contributed by atoms with Gasteiger partial charge in [0.15, 0.2) is 0 Å². The Hall–Kier alpha value is -0.570. The maximum absolute atomic E-state index is 10.4. The Labute approximate surface area is 66.4 Å². The van der Waals surface area contributed by atoms with E-state index in [0.29, 0.717) is 5.92 Å². The molecule has 3 nitrogen and oxygen atoms in total. The zero-order chi connectivity index (χ0) is 8.27. The van der Waals surface area contributed by atoms with Crippen LogP contribution in [0.15, 0.2) is 0 Å². The monoisotopic (exact) mass is 158 g/mol. The van der Waals surface area contributed by atoms with E-state index in [1.54, 1.807) is 6.92 Å². The molecule has 0 radical (unpaired) electrons. The smallest absolute Gasteiger partial charge is 0.306 e. The minimum atomic E-state index is -0.697. The van der Waals surface area contributed by atoms with E-state index >= 15 is 0 Å². The predicted molar refractivity (Wildman–Crippen MR) is 40.3 cm³/mol. The van der Waals surface area contributed by atoms with Crippen molar-refractivity contribution in [1.82, 2.24) is 0 Å². The van der Waals surface area contributed by atoms with Crippen LogP contribution in [0.2, 0.25) is 0 Å². The fraction of sp³-hybridized carbons (Fsp3) is 0.875. The lowest BCUT2D eigenvalue weighted by Gasteiger charge is -2.09. The molecule has 0 aromatic heterocycles. The largest absolute Gasteiger partial charge is 0.481 e. The van der Waals surface area contributed by atoms with E-state index in [2.05, 4.69) is 0 Å². The minimum absolute atomic E-state index is 0.221. The molecule has 1 rings (SSSR count). The van der Waals surface area contributed by atoms with Gasteiger partial charge in [0.2, 0.25) is 0 Å².